The quantitative estimate of drug-likeness (QED) is 0.597. The molecule has 0 spiro atoms. The Morgan fingerprint density at radius 3 is 2.67 bits per heavy atom. The molecule has 0 atom stereocenters. The Balaban J connectivity index is 2.28. The van der Waals surface area contributed by atoms with E-state index in [1.165, 1.54) is 0 Å². The summed E-state index contributed by atoms with van der Waals surface area (Å²) in [5, 5.41) is 0. The van der Waals surface area contributed by atoms with Gasteiger partial charge in [0.1, 0.15) is 0 Å². The highest BCUT2D eigenvalue weighted by molar-refractivity contribution is 5.77. The summed E-state index contributed by atoms with van der Waals surface area (Å²) in [6.45, 7) is 0. The summed E-state index contributed by atoms with van der Waals surface area (Å²) in [6, 6.07) is 9.97. The van der Waals surface area contributed by atoms with Crippen LogP contribution in [0.4, 0.5) is 0 Å². The zero-order valence-electron chi connectivity index (χ0n) is 8.04. The molecule has 0 aliphatic rings. The summed E-state index contributed by atoms with van der Waals surface area (Å²) >= 11 is 0. The Morgan fingerprint density at radius 1 is 0.933 bits per heavy atom. The van der Waals surface area contributed by atoms with E-state index in [1.807, 2.05) is 30.5 Å². The smallest absolute Gasteiger partial charge is 0.0884 e. The van der Waals surface area contributed by atoms with Crippen LogP contribution in [0.1, 0.15) is 0 Å². The van der Waals surface area contributed by atoms with Crippen molar-refractivity contribution in [1.82, 2.24) is 14.5 Å². The van der Waals surface area contributed by atoms with Gasteiger partial charge in [0.25, 0.3) is 0 Å². The van der Waals surface area contributed by atoms with Gasteiger partial charge < -0.3 is 4.57 Å². The fraction of sp³-hybridized carbons (Fsp3) is 0. The summed E-state index contributed by atoms with van der Waals surface area (Å²) in [5.74, 6) is 0. The van der Waals surface area contributed by atoms with E-state index in [9.17, 15) is 0 Å². The summed E-state index contributed by atoms with van der Waals surface area (Å²) < 4.78 is 2.10. The van der Waals surface area contributed by atoms with Crippen LogP contribution in [0, 0.1) is 0 Å². The van der Waals surface area contributed by atoms with Crippen molar-refractivity contribution in [2.75, 3.05) is 0 Å². The van der Waals surface area contributed by atoms with Gasteiger partial charge in [0.15, 0.2) is 0 Å². The Bertz CT molecular complexity index is 584. The van der Waals surface area contributed by atoms with Crippen molar-refractivity contribution in [2.45, 2.75) is 0 Å². The lowest BCUT2D eigenvalue weighted by Gasteiger charge is -2.03. The maximum Gasteiger partial charge on any atom is 0.0884 e. The first-order valence-electron chi connectivity index (χ1n) is 4.77. The number of rotatable bonds is 1. The van der Waals surface area contributed by atoms with Gasteiger partial charge in [-0.2, -0.15) is 0 Å². The molecule has 0 aromatic carbocycles. The molecule has 3 rings (SSSR count). The van der Waals surface area contributed by atoms with Crippen LogP contribution < -0.4 is 0 Å². The largest absolute Gasteiger partial charge is 0.315 e. The lowest BCUT2D eigenvalue weighted by Crippen LogP contribution is -1.91. The fourth-order valence-electron chi connectivity index (χ4n) is 1.70. The van der Waals surface area contributed by atoms with Gasteiger partial charge in [-0.15, -0.1) is 0 Å². The molecule has 3 heterocycles. The monoisotopic (exact) mass is 195 g/mol. The average molecular weight is 195 g/mol. The third kappa shape index (κ3) is 1.29. The fourth-order valence-corrected chi connectivity index (χ4v) is 1.70. The van der Waals surface area contributed by atoms with Crippen LogP contribution in [0.5, 0.6) is 0 Å². The van der Waals surface area contributed by atoms with E-state index in [2.05, 4.69) is 20.6 Å². The Labute approximate surface area is 87.0 Å². The molecular weight excluding hydrogens is 186 g/mol. The van der Waals surface area contributed by atoms with Gasteiger partial charge in [0, 0.05) is 30.5 Å². The normalized spacial score (nSPS) is 10.7. The lowest BCUT2D eigenvalue weighted by molar-refractivity contribution is 1.11. The highest BCUT2D eigenvalue weighted by atomic mass is 15.0. The molecule has 0 saturated carbocycles. The predicted octanol–water partition coefficient (Wildman–Crippen LogP) is 2.42. The van der Waals surface area contributed by atoms with Crippen molar-refractivity contribution >= 4 is 11.0 Å². The minimum absolute atomic E-state index is 1.01. The molecule has 72 valence electrons. The second-order valence-electron chi connectivity index (χ2n) is 3.30. The van der Waals surface area contributed by atoms with E-state index >= 15 is 0 Å². The molecular formula is C12H9N3. The number of fused-ring (bicyclic) bond motifs is 1. The van der Waals surface area contributed by atoms with E-state index in [4.69, 9.17) is 0 Å². The summed E-state index contributed by atoms with van der Waals surface area (Å²) in [7, 11) is 0. The lowest BCUT2D eigenvalue weighted by atomic mass is 10.3. The van der Waals surface area contributed by atoms with Crippen LogP contribution in [0.15, 0.2) is 55.1 Å². The van der Waals surface area contributed by atoms with E-state index in [0.717, 1.165) is 16.7 Å². The van der Waals surface area contributed by atoms with E-state index in [-0.39, 0.29) is 0 Å². The zero-order valence-corrected chi connectivity index (χ0v) is 8.04. The van der Waals surface area contributed by atoms with Crippen LogP contribution in [0.2, 0.25) is 0 Å². The maximum atomic E-state index is 4.29. The first-order valence-corrected chi connectivity index (χ1v) is 4.77. The van der Waals surface area contributed by atoms with Gasteiger partial charge >= 0.3 is 0 Å². The minimum atomic E-state index is 1.01. The molecule has 3 aromatic rings. The molecule has 3 nitrogen and oxygen atoms in total. The number of hydrogen-bond acceptors (Lipinski definition) is 2. The molecule has 0 bridgehead atoms. The number of pyridine rings is 2. The van der Waals surface area contributed by atoms with Gasteiger partial charge in [-0.3, -0.25) is 9.97 Å². The van der Waals surface area contributed by atoms with Crippen LogP contribution >= 0.6 is 0 Å². The Kier molecular flexibility index (Phi) is 1.75. The van der Waals surface area contributed by atoms with Crippen LogP contribution in [-0.4, -0.2) is 14.5 Å². The van der Waals surface area contributed by atoms with Crippen molar-refractivity contribution in [3.63, 3.8) is 0 Å². The highest BCUT2D eigenvalue weighted by Gasteiger charge is 2.01. The number of hydrogen-bond donors (Lipinski definition) is 0. The third-order valence-electron chi connectivity index (χ3n) is 2.40. The first kappa shape index (κ1) is 8.17. The molecule has 0 aliphatic carbocycles. The minimum Gasteiger partial charge on any atom is -0.315 e. The van der Waals surface area contributed by atoms with Crippen molar-refractivity contribution in [1.29, 1.82) is 0 Å². The van der Waals surface area contributed by atoms with Crippen molar-refractivity contribution in [3.8, 4) is 5.69 Å². The van der Waals surface area contributed by atoms with Gasteiger partial charge in [-0.25, -0.2) is 0 Å². The van der Waals surface area contributed by atoms with Gasteiger partial charge in [-0.1, -0.05) is 0 Å². The van der Waals surface area contributed by atoms with E-state index < -0.39 is 0 Å². The molecule has 15 heavy (non-hydrogen) atoms. The molecule has 0 radical (unpaired) electrons. The first-order chi connectivity index (χ1) is 7.45. The predicted molar refractivity (Wildman–Crippen MR) is 58.9 cm³/mol. The maximum absolute atomic E-state index is 4.29. The zero-order chi connectivity index (χ0) is 10.1. The van der Waals surface area contributed by atoms with Crippen molar-refractivity contribution in [2.24, 2.45) is 0 Å². The summed E-state index contributed by atoms with van der Waals surface area (Å²) in [6.07, 6.45) is 7.40. The molecule has 0 N–H and O–H groups in total. The molecule has 0 aliphatic heterocycles. The van der Waals surface area contributed by atoms with Crippen LogP contribution in [0.25, 0.3) is 16.7 Å². The second kappa shape index (κ2) is 3.20. The van der Waals surface area contributed by atoms with Crippen molar-refractivity contribution in [3.05, 3.63) is 55.1 Å². The number of nitrogens with zero attached hydrogens (tertiary/aromatic N) is 3. The summed E-state index contributed by atoms with van der Waals surface area (Å²) in [5.41, 5.74) is 3.23. The SMILES string of the molecule is c1cnc2ccn(-c3ccncc3)c2c1. The molecule has 0 saturated heterocycles. The van der Waals surface area contributed by atoms with Crippen molar-refractivity contribution < 1.29 is 0 Å². The molecule has 0 fully saturated rings. The van der Waals surface area contributed by atoms with E-state index in [0.29, 0.717) is 0 Å². The molecule has 0 amide bonds. The summed E-state index contributed by atoms with van der Waals surface area (Å²) in [4.78, 5) is 8.30. The molecule has 3 aromatic heterocycles. The van der Waals surface area contributed by atoms with Crippen LogP contribution in [0.3, 0.4) is 0 Å². The highest BCUT2D eigenvalue weighted by Crippen LogP contribution is 2.17. The Morgan fingerprint density at radius 2 is 1.80 bits per heavy atom. The standard InChI is InChI=1S/C12H9N3/c1-2-12-11(14-6-1)5-9-15(12)10-3-7-13-8-4-10/h1-9H. The van der Waals surface area contributed by atoms with Crippen LogP contribution in [-0.2, 0) is 0 Å². The molecule has 0 unspecified atom stereocenters. The molecule has 3 heteroatoms. The van der Waals surface area contributed by atoms with Gasteiger partial charge in [0.05, 0.1) is 11.0 Å². The third-order valence-corrected chi connectivity index (χ3v) is 2.40. The second-order valence-corrected chi connectivity index (χ2v) is 3.30. The van der Waals surface area contributed by atoms with E-state index in [1.54, 1.807) is 18.6 Å². The number of aromatic nitrogens is 3. The van der Waals surface area contributed by atoms with Gasteiger partial charge in [0.2, 0.25) is 0 Å². The average Bonchev–Trinajstić information content (AvgIpc) is 2.74. The topological polar surface area (TPSA) is 30.7 Å². The van der Waals surface area contributed by atoms with Gasteiger partial charge in [-0.05, 0) is 30.3 Å². The Hall–Kier alpha value is -2.16.